The molecule has 2 aromatic rings. The molecule has 2 aromatic heterocycles. The number of thioether (sulfide) groups is 2. The van der Waals surface area contributed by atoms with E-state index < -0.39 is 35.2 Å². The second kappa shape index (κ2) is 12.0. The maximum Gasteiger partial charge on any atom is 0.392 e. The molecule has 1 fully saturated rings. The van der Waals surface area contributed by atoms with Gasteiger partial charge in [0.1, 0.15) is 28.7 Å². The smallest absolute Gasteiger partial charge is 0.392 e. The van der Waals surface area contributed by atoms with E-state index in [-0.39, 0.29) is 58.5 Å². The van der Waals surface area contributed by atoms with E-state index in [9.17, 15) is 24.3 Å². The molecule has 40 heavy (non-hydrogen) atoms. The van der Waals surface area contributed by atoms with Gasteiger partial charge in [-0.2, -0.15) is 0 Å². The molecule has 0 saturated carbocycles. The molecule has 0 radical (unpaired) electrons. The van der Waals surface area contributed by atoms with Crippen molar-refractivity contribution in [3.63, 3.8) is 0 Å². The van der Waals surface area contributed by atoms with Gasteiger partial charge in [0.05, 0.1) is 25.1 Å². The van der Waals surface area contributed by atoms with Crippen molar-refractivity contribution in [3.8, 4) is 0 Å². The lowest BCUT2D eigenvalue weighted by molar-refractivity contribution is -0.696. The van der Waals surface area contributed by atoms with Crippen LogP contribution >= 0.6 is 34.9 Å². The molecule has 19 heteroatoms. The van der Waals surface area contributed by atoms with Gasteiger partial charge in [0.15, 0.2) is 10.8 Å². The molecule has 16 nitrogen and oxygen atoms in total. The number of thiazole rings is 1. The lowest BCUT2D eigenvalue weighted by Crippen LogP contribution is -2.71. The third kappa shape index (κ3) is 6.05. The zero-order chi connectivity index (χ0) is 29.1. The molecule has 2 aliphatic rings. The first-order valence-corrected chi connectivity index (χ1v) is 14.3. The maximum atomic E-state index is 13.1. The second-order valence-electron chi connectivity index (χ2n) is 8.31. The number of anilines is 3. The van der Waals surface area contributed by atoms with E-state index in [1.165, 1.54) is 28.9 Å². The highest BCUT2D eigenvalue weighted by Gasteiger charge is 2.53. The van der Waals surface area contributed by atoms with Crippen LogP contribution in [0.25, 0.3) is 0 Å². The largest absolute Gasteiger partial charge is 0.543 e. The van der Waals surface area contributed by atoms with Crippen molar-refractivity contribution in [2.24, 2.45) is 12.2 Å². The molecule has 212 valence electrons. The van der Waals surface area contributed by atoms with E-state index in [1.54, 1.807) is 17.7 Å². The third-order valence-electron chi connectivity index (χ3n) is 5.65. The van der Waals surface area contributed by atoms with Gasteiger partial charge in [-0.3, -0.25) is 25.0 Å². The minimum Gasteiger partial charge on any atom is -0.543 e. The maximum absolute atomic E-state index is 13.1. The number of hydrogen-bond donors (Lipinski definition) is 5. The summed E-state index contributed by atoms with van der Waals surface area (Å²) in [6, 6.07) is 0.527. The number of carboxylic acids is 2. The summed E-state index contributed by atoms with van der Waals surface area (Å²) in [6.07, 6.45) is -0.356. The number of rotatable bonds is 11. The van der Waals surface area contributed by atoms with E-state index in [2.05, 4.69) is 20.4 Å². The highest BCUT2D eigenvalue weighted by atomic mass is 32.2. The van der Waals surface area contributed by atoms with Crippen molar-refractivity contribution in [1.29, 1.82) is 0 Å². The van der Waals surface area contributed by atoms with Crippen molar-refractivity contribution in [2.45, 2.75) is 22.9 Å². The Kier molecular flexibility index (Phi) is 8.64. The number of carbonyl (C=O) groups excluding carboxylic acids is 3. The van der Waals surface area contributed by atoms with Crippen molar-refractivity contribution in [2.75, 3.05) is 35.3 Å². The van der Waals surface area contributed by atoms with Gasteiger partial charge in [-0.15, -0.1) is 23.1 Å². The van der Waals surface area contributed by atoms with Crippen LogP contribution in [0, 0.1) is 0 Å². The molecular formula is C21H23N9O7S3. The zero-order valence-electron chi connectivity index (χ0n) is 20.7. The molecular weight excluding hydrogens is 586 g/mol. The average molecular weight is 610 g/mol. The highest BCUT2D eigenvalue weighted by Crippen LogP contribution is 2.41. The van der Waals surface area contributed by atoms with Crippen LogP contribution < -0.4 is 32.2 Å². The topological polar surface area (TPSA) is 256 Å². The summed E-state index contributed by atoms with van der Waals surface area (Å²) in [5.41, 5.74) is 17.2. The number of nitrogen functional groups attached to an aromatic ring is 3. The van der Waals surface area contributed by atoms with E-state index >= 15 is 0 Å². The summed E-state index contributed by atoms with van der Waals surface area (Å²) in [4.78, 5) is 62.9. The Morgan fingerprint density at radius 1 is 1.35 bits per heavy atom. The molecule has 0 spiro atoms. The van der Waals surface area contributed by atoms with Gasteiger partial charge in [-0.25, -0.2) is 9.55 Å². The number of hydrogen-bond acceptors (Lipinski definition) is 15. The summed E-state index contributed by atoms with van der Waals surface area (Å²) in [7, 11) is 1.69. The number of aliphatic carboxylic acids is 2. The molecule has 0 aromatic carbocycles. The second-order valence-corrected chi connectivity index (χ2v) is 11.3. The molecule has 1 saturated heterocycles. The molecule has 0 unspecified atom stereocenters. The first-order chi connectivity index (χ1) is 19.0. The summed E-state index contributed by atoms with van der Waals surface area (Å²) < 4.78 is 1.60. The number of nitrogens with zero attached hydrogens (tertiary/aromatic N) is 5. The van der Waals surface area contributed by atoms with Gasteiger partial charge in [0, 0.05) is 23.0 Å². The third-order valence-corrected chi connectivity index (χ3v) is 8.85. The molecule has 8 N–H and O–H groups in total. The Morgan fingerprint density at radius 2 is 2.10 bits per heavy atom. The number of aromatic nitrogens is 3. The van der Waals surface area contributed by atoms with E-state index in [1.807, 2.05) is 0 Å². The number of amides is 2. The molecule has 2 atom stereocenters. The van der Waals surface area contributed by atoms with Gasteiger partial charge >= 0.3 is 11.9 Å². The van der Waals surface area contributed by atoms with E-state index in [0.29, 0.717) is 10.6 Å². The SMILES string of the molecule is C[n+]1c(SCC2=C(C(=O)[O-])N3C(=O)[C@@H](NC(=O)/C(=N\OCCC(=O)O)c4csc(N)n4)[C@H]3SC2)cc(N)nc1N. The van der Waals surface area contributed by atoms with Crippen LogP contribution in [0.2, 0.25) is 0 Å². The number of fused-ring (bicyclic) bond motifs is 1. The van der Waals surface area contributed by atoms with Crippen molar-refractivity contribution < 1.29 is 38.8 Å². The Labute approximate surface area is 238 Å². The number of carboxylic acid groups (broad SMARTS) is 2. The fourth-order valence-electron chi connectivity index (χ4n) is 3.71. The fourth-order valence-corrected chi connectivity index (χ4v) is 6.79. The van der Waals surface area contributed by atoms with Crippen LogP contribution in [0.5, 0.6) is 0 Å². The molecule has 4 rings (SSSR count). The highest BCUT2D eigenvalue weighted by molar-refractivity contribution is 8.01. The van der Waals surface area contributed by atoms with Crippen molar-refractivity contribution >= 4 is 81.2 Å². The zero-order valence-corrected chi connectivity index (χ0v) is 23.2. The van der Waals surface area contributed by atoms with Gasteiger partial charge in [-0.05, 0) is 5.57 Å². The summed E-state index contributed by atoms with van der Waals surface area (Å²) in [5, 5.41) is 28.6. The van der Waals surface area contributed by atoms with Crippen LogP contribution in [0.15, 0.2) is 32.9 Å². The minimum absolute atomic E-state index is 0.0652. The quantitative estimate of drug-likeness (QED) is 0.0336. The number of β-lactam (4-membered cyclic amide) rings is 1. The summed E-state index contributed by atoms with van der Waals surface area (Å²) in [6.45, 7) is -0.308. The fraction of sp³-hybridized carbons (Fsp3) is 0.333. The van der Waals surface area contributed by atoms with E-state index in [0.717, 1.165) is 16.2 Å². The molecule has 0 bridgehead atoms. The lowest BCUT2D eigenvalue weighted by Gasteiger charge is -2.50. The number of carbonyl (C=O) groups is 4. The number of nitrogens with one attached hydrogen (secondary N) is 1. The Morgan fingerprint density at radius 3 is 2.75 bits per heavy atom. The monoisotopic (exact) mass is 609 g/mol. The number of nitrogens with two attached hydrogens (primary N) is 3. The first kappa shape index (κ1) is 28.9. The predicted molar refractivity (Wildman–Crippen MR) is 143 cm³/mol. The summed E-state index contributed by atoms with van der Waals surface area (Å²) in [5.74, 6) is -3.29. The van der Waals surface area contributed by atoms with Crippen LogP contribution in [0.3, 0.4) is 0 Å². The normalized spacial score (nSPS) is 18.7. The van der Waals surface area contributed by atoms with Gasteiger partial charge in [0.25, 0.3) is 11.8 Å². The molecule has 0 aliphatic carbocycles. The molecule has 4 heterocycles. The molecule has 2 aliphatic heterocycles. The summed E-state index contributed by atoms with van der Waals surface area (Å²) >= 11 is 3.57. The van der Waals surface area contributed by atoms with Crippen molar-refractivity contribution in [3.05, 3.63) is 28.4 Å². The number of oxime groups is 1. The van der Waals surface area contributed by atoms with Gasteiger partial charge in [-0.1, -0.05) is 21.9 Å². The average Bonchev–Trinajstić information content (AvgIpc) is 3.32. The Balaban J connectivity index is 1.49. The Bertz CT molecular complexity index is 1440. The molecule has 2 amide bonds. The van der Waals surface area contributed by atoms with Gasteiger partial charge < -0.3 is 36.6 Å². The van der Waals surface area contributed by atoms with Crippen LogP contribution in [0.4, 0.5) is 16.9 Å². The Hall–Kier alpha value is -4.10. The predicted octanol–water partition coefficient (Wildman–Crippen LogP) is -2.50. The van der Waals surface area contributed by atoms with Crippen LogP contribution in [-0.4, -0.2) is 79.0 Å². The van der Waals surface area contributed by atoms with Crippen LogP contribution in [-0.2, 0) is 31.1 Å². The van der Waals surface area contributed by atoms with Crippen molar-refractivity contribution in [1.82, 2.24) is 20.2 Å². The van der Waals surface area contributed by atoms with E-state index in [4.69, 9.17) is 27.1 Å². The van der Waals surface area contributed by atoms with Crippen LogP contribution in [0.1, 0.15) is 12.1 Å². The minimum atomic E-state index is -1.52. The van der Waals surface area contributed by atoms with Gasteiger partial charge in [0.2, 0.25) is 5.82 Å². The lowest BCUT2D eigenvalue weighted by atomic mass is 10.0. The first-order valence-electron chi connectivity index (χ1n) is 11.3. The standard InChI is InChI=1S/C21H23N9O7S3/c1-29-11(4-10(22)26-20(29)23)38-5-8-6-39-18-14(17(34)30(18)15(8)19(35)36)27-16(33)13(9-7-40-21(24)25-9)28-37-3-2-12(31)32/h4,7,14,18H,2-3,5-6H2,1H3,(H8,22,23,24,25,26,27,31,32,33,35,36)/b28-13-/t14-,18-/m1/s1.